The van der Waals surface area contributed by atoms with Crippen LogP contribution in [-0.2, 0) is 11.4 Å². The number of rotatable bonds is 6. The van der Waals surface area contributed by atoms with Gasteiger partial charge in [0.2, 0.25) is 0 Å². The summed E-state index contributed by atoms with van der Waals surface area (Å²) in [5, 5.41) is 15.3. The van der Waals surface area contributed by atoms with E-state index in [0.29, 0.717) is 22.3 Å². The molecular weight excluding hydrogens is 709 g/mol. The molecule has 0 aliphatic heterocycles. The molecule has 0 atom stereocenters. The Labute approximate surface area is 240 Å². The largest absolute Gasteiger partial charge is 0.487 e. The fourth-order valence-corrected chi connectivity index (χ4v) is 5.88. The van der Waals surface area contributed by atoms with Crippen molar-refractivity contribution in [2.24, 2.45) is 0 Å². The fraction of sp³-hybridized carbons (Fsp3) is 0.0370. The lowest BCUT2D eigenvalue weighted by atomic mass is 10.1. The van der Waals surface area contributed by atoms with E-state index in [1.54, 1.807) is 18.2 Å². The third kappa shape index (κ3) is 6.28. The van der Waals surface area contributed by atoms with Gasteiger partial charge in [-0.15, -0.1) is 0 Å². The molecule has 0 fully saturated rings. The number of nitrogens with one attached hydrogen (secondary N) is 1. The molecule has 0 aliphatic rings. The molecule has 4 nitrogen and oxygen atoms in total. The minimum Gasteiger partial charge on any atom is -0.487 e. The Morgan fingerprint density at radius 3 is 2.40 bits per heavy atom. The van der Waals surface area contributed by atoms with Gasteiger partial charge in [-0.1, -0.05) is 65.7 Å². The molecular formula is C27H16Cl2I2N2O2. The predicted molar refractivity (Wildman–Crippen MR) is 159 cm³/mol. The van der Waals surface area contributed by atoms with E-state index in [9.17, 15) is 10.1 Å². The first-order valence-corrected chi connectivity index (χ1v) is 13.2. The Kier molecular flexibility index (Phi) is 8.55. The first kappa shape index (κ1) is 25.8. The van der Waals surface area contributed by atoms with Crippen molar-refractivity contribution < 1.29 is 9.53 Å². The highest BCUT2D eigenvalue weighted by Crippen LogP contribution is 2.31. The van der Waals surface area contributed by atoms with E-state index in [0.717, 1.165) is 29.4 Å². The molecule has 0 bridgehead atoms. The number of ether oxygens (including phenoxy) is 1. The molecule has 0 saturated heterocycles. The highest BCUT2D eigenvalue weighted by molar-refractivity contribution is 14.1. The summed E-state index contributed by atoms with van der Waals surface area (Å²) >= 11 is 16.3. The van der Waals surface area contributed by atoms with Gasteiger partial charge >= 0.3 is 0 Å². The molecule has 4 aromatic carbocycles. The van der Waals surface area contributed by atoms with Crippen molar-refractivity contribution in [3.63, 3.8) is 0 Å². The standard InChI is InChI=1S/C27H16Cl2I2N2O2/c28-22-9-8-20(13-23(22)29)33-27(34)19(14-32)10-16-11-24(30)26(25(31)12-16)35-15-18-6-3-5-17-4-1-2-7-21(17)18/h1-13H,15H2,(H,33,34)/b19-10+. The van der Waals surface area contributed by atoms with Crippen LogP contribution in [0.5, 0.6) is 5.75 Å². The zero-order chi connectivity index (χ0) is 24.9. The Morgan fingerprint density at radius 1 is 0.971 bits per heavy atom. The van der Waals surface area contributed by atoms with E-state index >= 15 is 0 Å². The van der Waals surface area contributed by atoms with Crippen molar-refractivity contribution in [2.75, 3.05) is 5.32 Å². The van der Waals surface area contributed by atoms with Crippen LogP contribution in [0.25, 0.3) is 16.8 Å². The van der Waals surface area contributed by atoms with Crippen LogP contribution in [-0.4, -0.2) is 5.91 Å². The van der Waals surface area contributed by atoms with E-state index in [1.165, 1.54) is 11.5 Å². The summed E-state index contributed by atoms with van der Waals surface area (Å²) in [7, 11) is 0. The van der Waals surface area contributed by atoms with Crippen molar-refractivity contribution in [3.05, 3.63) is 107 Å². The van der Waals surface area contributed by atoms with Crippen molar-refractivity contribution in [2.45, 2.75) is 6.61 Å². The molecule has 1 N–H and O–H groups in total. The Morgan fingerprint density at radius 2 is 1.69 bits per heavy atom. The predicted octanol–water partition coefficient (Wildman–Crippen LogP) is 8.48. The summed E-state index contributed by atoms with van der Waals surface area (Å²) in [5.74, 6) is 0.224. The smallest absolute Gasteiger partial charge is 0.266 e. The van der Waals surface area contributed by atoms with E-state index in [2.05, 4.69) is 74.8 Å². The quantitative estimate of drug-likeness (QED) is 0.123. The second-order valence-corrected chi connectivity index (χ2v) is 10.6. The molecule has 0 saturated carbocycles. The molecule has 174 valence electrons. The van der Waals surface area contributed by atoms with Gasteiger partial charge in [-0.25, -0.2) is 0 Å². The van der Waals surface area contributed by atoms with E-state index in [1.807, 2.05) is 36.4 Å². The molecule has 4 rings (SSSR count). The monoisotopic (exact) mass is 724 g/mol. The van der Waals surface area contributed by atoms with Gasteiger partial charge in [0.1, 0.15) is 24.0 Å². The van der Waals surface area contributed by atoms with E-state index in [-0.39, 0.29) is 5.57 Å². The molecule has 1 amide bonds. The second-order valence-electron chi connectivity index (χ2n) is 7.49. The highest BCUT2D eigenvalue weighted by atomic mass is 127. The molecule has 0 unspecified atom stereocenters. The first-order valence-electron chi connectivity index (χ1n) is 10.3. The normalized spacial score (nSPS) is 11.2. The van der Waals surface area contributed by atoms with Gasteiger partial charge in [-0.05, 0) is 103 Å². The molecule has 8 heteroatoms. The zero-order valence-corrected chi connectivity index (χ0v) is 23.8. The maximum atomic E-state index is 12.6. The Balaban J connectivity index is 1.53. The second kappa shape index (κ2) is 11.6. The number of hydrogen-bond acceptors (Lipinski definition) is 3. The van der Waals surface area contributed by atoms with Gasteiger partial charge < -0.3 is 10.1 Å². The van der Waals surface area contributed by atoms with Gasteiger partial charge in [0, 0.05) is 5.69 Å². The molecule has 0 spiro atoms. The third-order valence-electron chi connectivity index (χ3n) is 5.13. The summed E-state index contributed by atoms with van der Waals surface area (Å²) in [6.07, 6.45) is 1.55. The maximum Gasteiger partial charge on any atom is 0.266 e. The van der Waals surface area contributed by atoms with Crippen LogP contribution in [0.15, 0.2) is 78.4 Å². The number of halogens is 4. The lowest BCUT2D eigenvalue weighted by Gasteiger charge is -2.13. The minimum absolute atomic E-state index is 0.0351. The van der Waals surface area contributed by atoms with Crippen LogP contribution in [0.4, 0.5) is 5.69 Å². The van der Waals surface area contributed by atoms with Crippen LogP contribution in [0.1, 0.15) is 11.1 Å². The number of fused-ring (bicyclic) bond motifs is 1. The van der Waals surface area contributed by atoms with Gasteiger partial charge in [-0.3, -0.25) is 4.79 Å². The van der Waals surface area contributed by atoms with Crippen LogP contribution in [0, 0.1) is 18.5 Å². The van der Waals surface area contributed by atoms with Crippen molar-refractivity contribution in [3.8, 4) is 11.8 Å². The average Bonchev–Trinajstić information content (AvgIpc) is 2.84. The average molecular weight is 725 g/mol. The summed E-state index contributed by atoms with van der Waals surface area (Å²) in [6.45, 7) is 0.429. The van der Waals surface area contributed by atoms with Crippen LogP contribution in [0.2, 0.25) is 10.0 Å². The van der Waals surface area contributed by atoms with Gasteiger partial charge in [0.15, 0.2) is 0 Å². The Hall–Kier alpha value is -2.32. The number of amides is 1. The molecule has 0 radical (unpaired) electrons. The summed E-state index contributed by atoms with van der Waals surface area (Å²) < 4.78 is 7.95. The SMILES string of the molecule is N#C/C(=C\c1cc(I)c(OCc2cccc3ccccc23)c(I)c1)C(=O)Nc1ccc(Cl)c(Cl)c1. The molecule has 0 aliphatic carbocycles. The molecule has 4 aromatic rings. The third-order valence-corrected chi connectivity index (χ3v) is 7.47. The maximum absolute atomic E-state index is 12.6. The summed E-state index contributed by atoms with van der Waals surface area (Å²) in [6, 6.07) is 24.8. The van der Waals surface area contributed by atoms with Crippen molar-refractivity contribution >= 4 is 96.8 Å². The first-order chi connectivity index (χ1) is 16.9. The number of nitriles is 1. The summed E-state index contributed by atoms with van der Waals surface area (Å²) in [5.41, 5.74) is 2.24. The highest BCUT2D eigenvalue weighted by Gasteiger charge is 2.14. The molecule has 35 heavy (non-hydrogen) atoms. The number of anilines is 1. The van der Waals surface area contributed by atoms with Gasteiger partial charge in [-0.2, -0.15) is 5.26 Å². The van der Waals surface area contributed by atoms with Gasteiger partial charge in [0.25, 0.3) is 5.91 Å². The topological polar surface area (TPSA) is 62.1 Å². The minimum atomic E-state index is -0.535. The lowest BCUT2D eigenvalue weighted by Crippen LogP contribution is -2.13. The summed E-state index contributed by atoms with van der Waals surface area (Å²) in [4.78, 5) is 12.6. The number of carbonyl (C=O) groups excluding carboxylic acids is 1. The lowest BCUT2D eigenvalue weighted by molar-refractivity contribution is -0.112. The number of hydrogen-bond donors (Lipinski definition) is 1. The number of carbonyl (C=O) groups is 1. The van der Waals surface area contributed by atoms with Gasteiger partial charge in [0.05, 0.1) is 17.2 Å². The Bertz CT molecular complexity index is 1480. The van der Waals surface area contributed by atoms with Crippen LogP contribution < -0.4 is 10.1 Å². The van der Waals surface area contributed by atoms with Crippen LogP contribution in [0.3, 0.4) is 0 Å². The molecule has 0 aromatic heterocycles. The van der Waals surface area contributed by atoms with E-state index < -0.39 is 5.91 Å². The van der Waals surface area contributed by atoms with Crippen LogP contribution >= 0.6 is 68.4 Å². The van der Waals surface area contributed by atoms with Crippen molar-refractivity contribution in [1.82, 2.24) is 0 Å². The number of benzene rings is 4. The zero-order valence-electron chi connectivity index (χ0n) is 18.0. The van der Waals surface area contributed by atoms with Crippen molar-refractivity contribution in [1.29, 1.82) is 5.26 Å². The number of nitrogens with zero attached hydrogens (tertiary/aromatic N) is 1. The molecule has 0 heterocycles. The van der Waals surface area contributed by atoms with E-state index in [4.69, 9.17) is 27.9 Å². The fourth-order valence-electron chi connectivity index (χ4n) is 3.46.